The summed E-state index contributed by atoms with van der Waals surface area (Å²) in [5, 5.41) is 15.5. The van der Waals surface area contributed by atoms with Crippen LogP contribution in [0.3, 0.4) is 0 Å². The van der Waals surface area contributed by atoms with Crippen LogP contribution in [-0.2, 0) is 4.84 Å². The second-order valence-corrected chi connectivity index (χ2v) is 9.07. The standard InChI is InChI=1S/C21H38N2O2/c1-20-11-9-18(17-6-3-2-4-7-17)16-21(20,24)12-10-19(20)8-5-14-23-25-15-13-22/h14,17-19,24H,2-13,15-16,22H2,1H3/b23-14+/t18-,19-,20+,21-/m0/s1. The lowest BCUT2D eigenvalue weighted by Gasteiger charge is -2.51. The van der Waals surface area contributed by atoms with E-state index in [1.165, 1.54) is 51.4 Å². The number of nitrogens with two attached hydrogens (primary N) is 1. The van der Waals surface area contributed by atoms with Gasteiger partial charge in [0, 0.05) is 12.8 Å². The summed E-state index contributed by atoms with van der Waals surface area (Å²) in [7, 11) is 0. The summed E-state index contributed by atoms with van der Waals surface area (Å²) in [5.41, 5.74) is 5.06. The van der Waals surface area contributed by atoms with Crippen molar-refractivity contribution in [2.45, 2.75) is 89.6 Å². The molecule has 3 aliphatic rings. The largest absolute Gasteiger partial charge is 0.395 e. The first-order chi connectivity index (χ1) is 12.1. The normalized spacial score (nSPS) is 39.6. The second-order valence-electron chi connectivity index (χ2n) is 9.07. The van der Waals surface area contributed by atoms with Crippen LogP contribution in [0.15, 0.2) is 5.16 Å². The van der Waals surface area contributed by atoms with Crippen molar-refractivity contribution >= 4 is 6.21 Å². The Morgan fingerprint density at radius 1 is 1.12 bits per heavy atom. The maximum absolute atomic E-state index is 11.5. The van der Waals surface area contributed by atoms with Gasteiger partial charge in [-0.25, -0.2) is 0 Å². The molecule has 4 nitrogen and oxygen atoms in total. The van der Waals surface area contributed by atoms with E-state index in [4.69, 9.17) is 10.6 Å². The zero-order valence-corrected chi connectivity index (χ0v) is 16.1. The second kappa shape index (κ2) is 8.39. The molecular weight excluding hydrogens is 312 g/mol. The number of hydrogen-bond acceptors (Lipinski definition) is 4. The number of fused-ring (bicyclic) bond motifs is 1. The number of aliphatic hydroxyl groups is 1. The third-order valence-electron chi connectivity index (χ3n) is 7.82. The first-order valence-electron chi connectivity index (χ1n) is 10.7. The Morgan fingerprint density at radius 2 is 1.92 bits per heavy atom. The Kier molecular flexibility index (Phi) is 6.43. The minimum atomic E-state index is -0.425. The zero-order chi connectivity index (χ0) is 17.8. The number of oxime groups is 1. The molecule has 4 heteroatoms. The van der Waals surface area contributed by atoms with E-state index in [0.717, 1.165) is 37.5 Å². The van der Waals surface area contributed by atoms with Gasteiger partial charge in [-0.2, -0.15) is 0 Å². The maximum Gasteiger partial charge on any atom is 0.129 e. The molecular formula is C21H38N2O2. The molecule has 25 heavy (non-hydrogen) atoms. The average molecular weight is 351 g/mol. The third-order valence-corrected chi connectivity index (χ3v) is 7.82. The lowest BCUT2D eigenvalue weighted by atomic mass is 9.57. The topological polar surface area (TPSA) is 67.8 Å². The Balaban J connectivity index is 1.54. The van der Waals surface area contributed by atoms with Crippen molar-refractivity contribution in [3.63, 3.8) is 0 Å². The molecule has 0 aromatic carbocycles. The molecule has 3 saturated carbocycles. The van der Waals surface area contributed by atoms with E-state index < -0.39 is 5.60 Å². The smallest absolute Gasteiger partial charge is 0.129 e. The lowest BCUT2D eigenvalue weighted by Crippen LogP contribution is -2.50. The molecule has 0 radical (unpaired) electrons. The van der Waals surface area contributed by atoms with Gasteiger partial charge in [0.1, 0.15) is 6.61 Å². The first kappa shape index (κ1) is 19.2. The minimum absolute atomic E-state index is 0.101. The summed E-state index contributed by atoms with van der Waals surface area (Å²) >= 11 is 0. The van der Waals surface area contributed by atoms with Crippen LogP contribution in [0.25, 0.3) is 0 Å². The Bertz CT molecular complexity index is 449. The quantitative estimate of drug-likeness (QED) is 0.409. The highest BCUT2D eigenvalue weighted by atomic mass is 16.6. The highest BCUT2D eigenvalue weighted by molar-refractivity contribution is 5.56. The number of nitrogens with zero attached hydrogens (tertiary/aromatic N) is 1. The molecule has 0 amide bonds. The van der Waals surface area contributed by atoms with Crippen LogP contribution < -0.4 is 5.73 Å². The van der Waals surface area contributed by atoms with Crippen LogP contribution in [0.5, 0.6) is 0 Å². The summed E-state index contributed by atoms with van der Waals surface area (Å²) in [4.78, 5) is 5.08. The van der Waals surface area contributed by atoms with Gasteiger partial charge < -0.3 is 15.7 Å². The SMILES string of the molecule is C[C@]12CC[C@H](C3CCCCC3)C[C@@]1(O)CC[C@@H]2CC/C=N/OCCN. The van der Waals surface area contributed by atoms with Crippen LogP contribution in [0.1, 0.15) is 84.0 Å². The predicted molar refractivity (Wildman–Crippen MR) is 102 cm³/mol. The van der Waals surface area contributed by atoms with Gasteiger partial charge in [0.15, 0.2) is 0 Å². The van der Waals surface area contributed by atoms with E-state index in [9.17, 15) is 5.11 Å². The summed E-state index contributed by atoms with van der Waals surface area (Å²) in [6.45, 7) is 3.36. The molecule has 3 N–H and O–H groups in total. The molecule has 0 saturated heterocycles. The molecule has 3 aliphatic carbocycles. The van der Waals surface area contributed by atoms with E-state index in [1.54, 1.807) is 0 Å². The van der Waals surface area contributed by atoms with E-state index >= 15 is 0 Å². The fourth-order valence-electron chi connectivity index (χ4n) is 6.15. The molecule has 0 aliphatic heterocycles. The molecule has 0 aromatic heterocycles. The van der Waals surface area contributed by atoms with Gasteiger partial charge in [-0.3, -0.25) is 0 Å². The van der Waals surface area contributed by atoms with E-state index in [1.807, 2.05) is 6.21 Å². The van der Waals surface area contributed by atoms with Crippen LogP contribution in [0.2, 0.25) is 0 Å². The van der Waals surface area contributed by atoms with Crippen LogP contribution in [-0.4, -0.2) is 30.1 Å². The zero-order valence-electron chi connectivity index (χ0n) is 16.1. The summed E-state index contributed by atoms with van der Waals surface area (Å²) < 4.78 is 0. The maximum atomic E-state index is 11.5. The molecule has 0 unspecified atom stereocenters. The van der Waals surface area contributed by atoms with Gasteiger partial charge in [-0.1, -0.05) is 44.2 Å². The molecule has 0 heterocycles. The monoisotopic (exact) mass is 350 g/mol. The fourth-order valence-corrected chi connectivity index (χ4v) is 6.15. The molecule has 0 bridgehead atoms. The fraction of sp³-hybridized carbons (Fsp3) is 0.952. The van der Waals surface area contributed by atoms with Gasteiger partial charge in [-0.15, -0.1) is 0 Å². The van der Waals surface area contributed by atoms with Gasteiger partial charge in [0.05, 0.1) is 5.60 Å². The van der Waals surface area contributed by atoms with E-state index in [-0.39, 0.29) is 5.41 Å². The van der Waals surface area contributed by atoms with Crippen molar-refractivity contribution in [1.29, 1.82) is 0 Å². The summed E-state index contributed by atoms with van der Waals surface area (Å²) in [5.74, 6) is 2.27. The third kappa shape index (κ3) is 4.05. The number of hydrogen-bond donors (Lipinski definition) is 2. The van der Waals surface area contributed by atoms with Crippen molar-refractivity contribution in [1.82, 2.24) is 0 Å². The van der Waals surface area contributed by atoms with Gasteiger partial charge >= 0.3 is 0 Å². The van der Waals surface area contributed by atoms with Crippen molar-refractivity contribution in [2.24, 2.45) is 34.1 Å². The van der Waals surface area contributed by atoms with Crippen molar-refractivity contribution in [2.75, 3.05) is 13.2 Å². The minimum Gasteiger partial charge on any atom is -0.395 e. The molecule has 0 spiro atoms. The van der Waals surface area contributed by atoms with Crippen LogP contribution in [0, 0.1) is 23.2 Å². The molecule has 3 fully saturated rings. The lowest BCUT2D eigenvalue weighted by molar-refractivity contribution is -0.123. The molecule has 3 rings (SSSR count). The van der Waals surface area contributed by atoms with Crippen LogP contribution >= 0.6 is 0 Å². The molecule has 4 atom stereocenters. The Hall–Kier alpha value is -0.610. The summed E-state index contributed by atoms with van der Waals surface area (Å²) in [6.07, 6.45) is 16.7. The van der Waals surface area contributed by atoms with Crippen molar-refractivity contribution < 1.29 is 9.94 Å². The van der Waals surface area contributed by atoms with Crippen molar-refractivity contribution in [3.05, 3.63) is 0 Å². The predicted octanol–water partition coefficient (Wildman–Crippen LogP) is 4.26. The highest BCUT2D eigenvalue weighted by Gasteiger charge is 2.58. The van der Waals surface area contributed by atoms with Gasteiger partial charge in [-0.05, 0) is 68.1 Å². The van der Waals surface area contributed by atoms with Gasteiger partial charge in [0.25, 0.3) is 0 Å². The van der Waals surface area contributed by atoms with Crippen LogP contribution in [0.4, 0.5) is 0 Å². The molecule has 0 aromatic rings. The van der Waals surface area contributed by atoms with Gasteiger partial charge in [0.2, 0.25) is 0 Å². The van der Waals surface area contributed by atoms with E-state index in [0.29, 0.717) is 19.1 Å². The highest BCUT2D eigenvalue weighted by Crippen LogP contribution is 2.61. The summed E-state index contributed by atoms with van der Waals surface area (Å²) in [6, 6.07) is 0. The number of rotatable bonds is 7. The Labute approximate surface area is 153 Å². The average Bonchev–Trinajstić information content (AvgIpc) is 2.89. The van der Waals surface area contributed by atoms with Crippen molar-refractivity contribution in [3.8, 4) is 0 Å². The molecule has 144 valence electrons. The first-order valence-corrected chi connectivity index (χ1v) is 10.7. The Morgan fingerprint density at radius 3 is 2.68 bits per heavy atom. The van der Waals surface area contributed by atoms with E-state index in [2.05, 4.69) is 12.1 Å².